The monoisotopic (exact) mass is 673 g/mol. The third kappa shape index (κ3) is 7.70. The number of nitrogens with zero attached hydrogens (tertiary/aromatic N) is 6. The molecule has 0 bridgehead atoms. The Morgan fingerprint density at radius 2 is 1.77 bits per heavy atom. The van der Waals surface area contributed by atoms with E-state index in [0.29, 0.717) is 11.4 Å². The number of hydrogen-bond donors (Lipinski definition) is 1. The smallest absolute Gasteiger partial charge is 0.406 e. The van der Waals surface area contributed by atoms with Gasteiger partial charge in [0.25, 0.3) is 6.43 Å². The average molecular weight is 674 g/mol. The van der Waals surface area contributed by atoms with Crippen molar-refractivity contribution in [3.63, 3.8) is 0 Å². The maximum absolute atomic E-state index is 14.2. The highest BCUT2D eigenvalue weighted by molar-refractivity contribution is 8.15. The molecule has 1 fully saturated rings. The second kappa shape index (κ2) is 13.4. The zero-order chi connectivity index (χ0) is 34.0. The number of rotatable bonds is 8. The highest BCUT2D eigenvalue weighted by Crippen LogP contribution is 2.37. The molecule has 0 unspecified atom stereocenters. The molecule has 0 radical (unpaired) electrons. The molecule has 1 aliphatic heterocycles. The lowest BCUT2D eigenvalue weighted by atomic mass is 9.99. The van der Waals surface area contributed by atoms with Gasteiger partial charge in [-0.2, -0.15) is 4.99 Å². The fourth-order valence-corrected chi connectivity index (χ4v) is 5.58. The molecule has 1 saturated heterocycles. The number of carbonyl (C=O) groups excluding carboxylic acids is 2. The van der Waals surface area contributed by atoms with Crippen molar-refractivity contribution in [3.8, 4) is 22.8 Å². The Balaban J connectivity index is 1.37. The van der Waals surface area contributed by atoms with Gasteiger partial charge in [-0.3, -0.25) is 9.69 Å². The van der Waals surface area contributed by atoms with Gasteiger partial charge in [0.1, 0.15) is 12.1 Å². The van der Waals surface area contributed by atoms with Gasteiger partial charge in [0.15, 0.2) is 11.0 Å². The molecule has 1 aromatic heterocycles. The summed E-state index contributed by atoms with van der Waals surface area (Å²) in [5.74, 6) is -0.526. The maximum atomic E-state index is 14.2. The van der Waals surface area contributed by atoms with Crippen LogP contribution in [0.2, 0.25) is 0 Å². The van der Waals surface area contributed by atoms with Crippen LogP contribution < -0.4 is 19.9 Å². The quantitative estimate of drug-likeness (QED) is 0.192. The van der Waals surface area contributed by atoms with Crippen molar-refractivity contribution in [1.82, 2.24) is 14.8 Å². The van der Waals surface area contributed by atoms with Crippen molar-refractivity contribution in [2.45, 2.75) is 32.6 Å². The molecule has 0 saturated carbocycles. The summed E-state index contributed by atoms with van der Waals surface area (Å²) in [6.45, 7) is 3.96. The Kier molecular flexibility index (Phi) is 9.51. The summed E-state index contributed by atoms with van der Waals surface area (Å²) < 4.78 is 70.8. The molecule has 0 spiro atoms. The summed E-state index contributed by atoms with van der Waals surface area (Å²) in [6.07, 6.45) is -6.57. The maximum Gasteiger partial charge on any atom is 0.573 e. The Bertz CT molecular complexity index is 1820. The van der Waals surface area contributed by atoms with E-state index in [0.717, 1.165) is 41.2 Å². The fourth-order valence-electron chi connectivity index (χ4n) is 4.72. The number of aliphatic imine (C=N–C) groups is 1. The molecule has 0 atom stereocenters. The minimum absolute atomic E-state index is 0.0535. The number of halogens is 5. The highest BCUT2D eigenvalue weighted by Gasteiger charge is 2.33. The van der Waals surface area contributed by atoms with E-state index >= 15 is 0 Å². The first-order chi connectivity index (χ1) is 22.2. The first kappa shape index (κ1) is 33.4. The van der Waals surface area contributed by atoms with E-state index in [-0.39, 0.29) is 39.8 Å². The molecular formula is C31H28F5N7O3S. The minimum Gasteiger partial charge on any atom is -0.406 e. The van der Waals surface area contributed by atoms with Gasteiger partial charge in [-0.25, -0.2) is 23.2 Å². The van der Waals surface area contributed by atoms with Gasteiger partial charge < -0.3 is 15.0 Å². The number of ether oxygens (including phenoxy) is 1. The summed E-state index contributed by atoms with van der Waals surface area (Å²) in [5, 5.41) is 6.76. The van der Waals surface area contributed by atoms with E-state index in [4.69, 9.17) is 0 Å². The van der Waals surface area contributed by atoms with Crippen LogP contribution in [-0.4, -0.2) is 58.1 Å². The Morgan fingerprint density at radius 3 is 2.40 bits per heavy atom. The molecule has 47 heavy (non-hydrogen) atoms. The van der Waals surface area contributed by atoms with Crippen LogP contribution in [0.4, 0.5) is 43.8 Å². The van der Waals surface area contributed by atoms with Crippen molar-refractivity contribution < 1.29 is 36.3 Å². The highest BCUT2D eigenvalue weighted by atomic mass is 32.2. The molecule has 2 heterocycles. The van der Waals surface area contributed by atoms with Crippen LogP contribution in [0.15, 0.2) is 72.0 Å². The second-order valence-electron chi connectivity index (χ2n) is 10.8. The lowest BCUT2D eigenvalue weighted by molar-refractivity contribution is -0.274. The first-order valence-electron chi connectivity index (χ1n) is 14.1. The molecule has 10 nitrogen and oxygen atoms in total. The van der Waals surface area contributed by atoms with E-state index in [2.05, 4.69) is 25.1 Å². The molecule has 5 rings (SSSR count). The molecule has 1 N–H and O–H groups in total. The van der Waals surface area contributed by atoms with Crippen LogP contribution in [0.3, 0.4) is 0 Å². The normalized spacial score (nSPS) is 14.4. The summed E-state index contributed by atoms with van der Waals surface area (Å²) in [5.41, 5.74) is 2.13. The summed E-state index contributed by atoms with van der Waals surface area (Å²) in [6, 6.07) is 13.4. The summed E-state index contributed by atoms with van der Waals surface area (Å²) in [4.78, 5) is 37.5. The van der Waals surface area contributed by atoms with Gasteiger partial charge >= 0.3 is 12.4 Å². The topological polar surface area (TPSA) is 105 Å². The molecule has 1 aliphatic rings. The van der Waals surface area contributed by atoms with Gasteiger partial charge in [0.2, 0.25) is 5.91 Å². The van der Waals surface area contributed by atoms with Gasteiger partial charge in [-0.05, 0) is 66.1 Å². The van der Waals surface area contributed by atoms with Crippen LogP contribution in [0.1, 0.15) is 37.3 Å². The third-order valence-electron chi connectivity index (χ3n) is 6.97. The zero-order valence-electron chi connectivity index (χ0n) is 25.4. The number of nitrogens with one attached hydrogen (secondary N) is 1. The van der Waals surface area contributed by atoms with E-state index in [9.17, 15) is 31.5 Å². The average Bonchev–Trinajstić information content (AvgIpc) is 3.63. The number of alkyl halides is 5. The number of urea groups is 1. The first-order valence-corrected chi connectivity index (χ1v) is 15.1. The molecule has 16 heteroatoms. The third-order valence-corrected chi connectivity index (χ3v) is 7.89. The molecule has 4 aromatic rings. The number of carbonyl (C=O) groups is 2. The van der Waals surface area contributed by atoms with Crippen molar-refractivity contribution in [2.24, 2.45) is 4.99 Å². The predicted molar refractivity (Wildman–Crippen MR) is 170 cm³/mol. The minimum atomic E-state index is -4.84. The standard InChI is InChI=1S/C31H28F5N7O3S/c1-17(2)22-11-8-20(41(3)4)14-25(22)43-26(44)15-47-30(43)39-29(45)38-24-12-5-18(13-23(24)27(32)33)28-37-16-42(40-28)19-6-9-21(10-7-19)46-31(34,35)36/h5-14,16-17,27H,15H2,1-4H3,(H,38,45)/b39-30-. The number of amides is 3. The zero-order valence-corrected chi connectivity index (χ0v) is 26.2. The van der Waals surface area contributed by atoms with E-state index in [1.54, 1.807) is 0 Å². The van der Waals surface area contributed by atoms with Gasteiger partial charge in [-0.1, -0.05) is 31.7 Å². The number of thioether (sulfide) groups is 1. The van der Waals surface area contributed by atoms with E-state index < -0.39 is 30.1 Å². The lowest BCUT2D eigenvalue weighted by Crippen LogP contribution is -2.31. The molecular weight excluding hydrogens is 645 g/mol. The summed E-state index contributed by atoms with van der Waals surface area (Å²) >= 11 is 1.07. The SMILES string of the molecule is CC(C)c1ccc(N(C)C)cc1N1C(=O)CS/C1=N\C(=O)Nc1ccc(-c2ncn(-c3ccc(OC(F)(F)F)cc3)n2)cc1C(F)F. The number of hydrogen-bond acceptors (Lipinski definition) is 7. The van der Waals surface area contributed by atoms with Gasteiger partial charge in [-0.15, -0.1) is 18.3 Å². The Hall–Kier alpha value is -4.99. The van der Waals surface area contributed by atoms with Crippen LogP contribution in [-0.2, 0) is 4.79 Å². The largest absolute Gasteiger partial charge is 0.573 e. The van der Waals surface area contributed by atoms with E-state index in [1.807, 2.05) is 51.0 Å². The number of anilines is 3. The van der Waals surface area contributed by atoms with Crippen molar-refractivity contribution >= 4 is 45.9 Å². The predicted octanol–water partition coefficient (Wildman–Crippen LogP) is 7.63. The number of benzene rings is 3. The second-order valence-corrected chi connectivity index (χ2v) is 11.7. The van der Waals surface area contributed by atoms with Crippen LogP contribution in [0.5, 0.6) is 5.75 Å². The molecule has 3 aromatic carbocycles. The Labute approximate surface area is 270 Å². The van der Waals surface area contributed by atoms with Crippen LogP contribution in [0, 0.1) is 0 Å². The summed E-state index contributed by atoms with van der Waals surface area (Å²) in [7, 11) is 3.73. The number of aromatic nitrogens is 3. The fraction of sp³-hybridized carbons (Fsp3) is 0.258. The van der Waals surface area contributed by atoms with Gasteiger partial charge in [0, 0.05) is 30.9 Å². The molecule has 0 aliphatic carbocycles. The van der Waals surface area contributed by atoms with Crippen LogP contribution >= 0.6 is 11.8 Å². The lowest BCUT2D eigenvalue weighted by Gasteiger charge is -2.24. The van der Waals surface area contributed by atoms with Crippen LogP contribution in [0.25, 0.3) is 17.1 Å². The van der Waals surface area contributed by atoms with Crippen molar-refractivity contribution in [2.75, 3.05) is 35.0 Å². The Morgan fingerprint density at radius 1 is 1.04 bits per heavy atom. The van der Waals surface area contributed by atoms with Crippen molar-refractivity contribution in [1.29, 1.82) is 0 Å². The van der Waals surface area contributed by atoms with Crippen molar-refractivity contribution in [3.05, 3.63) is 78.1 Å². The van der Waals surface area contributed by atoms with Gasteiger partial charge in [0.05, 0.1) is 22.8 Å². The van der Waals surface area contributed by atoms with E-state index in [1.165, 1.54) is 40.2 Å². The molecule has 246 valence electrons. The number of amidine groups is 1. The molecule has 3 amide bonds.